The monoisotopic (exact) mass is 254 g/mol. The van der Waals surface area contributed by atoms with Crippen LogP contribution in [0, 0.1) is 17.0 Å². The zero-order valence-corrected chi connectivity index (χ0v) is 9.88. The Morgan fingerprint density at radius 2 is 2.28 bits per heavy atom. The van der Waals surface area contributed by atoms with E-state index >= 15 is 0 Å². The zero-order chi connectivity index (χ0) is 13.5. The number of aliphatic hydroxyl groups excluding tert-OH is 1. The molecule has 2 N–H and O–H groups in total. The van der Waals surface area contributed by atoms with Gasteiger partial charge in [-0.3, -0.25) is 14.9 Å². The van der Waals surface area contributed by atoms with Crippen LogP contribution >= 0.6 is 0 Å². The number of nitrogens with zero attached hydrogens (tertiary/aromatic N) is 1. The number of aliphatic hydroxyl groups is 1. The average Bonchev–Trinajstić information content (AvgIpc) is 2.34. The van der Waals surface area contributed by atoms with Gasteiger partial charge in [-0.1, -0.05) is 6.07 Å². The molecule has 1 amide bonds. The third-order valence-corrected chi connectivity index (χ3v) is 2.10. The average molecular weight is 254 g/mol. The molecule has 0 heterocycles. The van der Waals surface area contributed by atoms with Crippen molar-refractivity contribution in [3.63, 3.8) is 0 Å². The molecule has 1 aromatic carbocycles. The fourth-order valence-corrected chi connectivity index (χ4v) is 1.28. The predicted octanol–water partition coefficient (Wildman–Crippen LogP) is 0.391. The van der Waals surface area contributed by atoms with Crippen LogP contribution in [-0.4, -0.2) is 35.7 Å². The highest BCUT2D eigenvalue weighted by atomic mass is 16.6. The fourth-order valence-electron chi connectivity index (χ4n) is 1.28. The Hall–Kier alpha value is -2.15. The molecular weight excluding hydrogens is 240 g/mol. The van der Waals surface area contributed by atoms with Gasteiger partial charge in [-0.25, -0.2) is 0 Å². The summed E-state index contributed by atoms with van der Waals surface area (Å²) < 4.78 is 5.08. The Kier molecular flexibility index (Phi) is 5.06. The van der Waals surface area contributed by atoms with Gasteiger partial charge in [0, 0.05) is 12.6 Å². The minimum Gasteiger partial charge on any atom is -0.477 e. The maximum absolute atomic E-state index is 11.2. The molecule has 0 saturated heterocycles. The summed E-state index contributed by atoms with van der Waals surface area (Å²) in [6.07, 6.45) is 0. The highest BCUT2D eigenvalue weighted by Crippen LogP contribution is 2.27. The third-order valence-electron chi connectivity index (χ3n) is 2.10. The maximum Gasteiger partial charge on any atom is 0.311 e. The largest absolute Gasteiger partial charge is 0.477 e. The van der Waals surface area contributed by atoms with Gasteiger partial charge < -0.3 is 15.2 Å². The molecule has 7 heteroatoms. The summed E-state index contributed by atoms with van der Waals surface area (Å²) in [6.45, 7) is 1.35. The number of hydrogen-bond donors (Lipinski definition) is 2. The van der Waals surface area contributed by atoms with Gasteiger partial charge in [-0.05, 0) is 18.6 Å². The first kappa shape index (κ1) is 13.9. The highest BCUT2D eigenvalue weighted by molar-refractivity contribution is 5.77. The van der Waals surface area contributed by atoms with E-state index < -0.39 is 10.8 Å². The standard InChI is InChI=1S/C11H14N2O5/c1-8-2-3-10(9(6-8)13(16)17)18-7-11(15)12-4-5-14/h2-3,6,14H,4-5,7H2,1H3,(H,12,15). The second kappa shape index (κ2) is 6.55. The number of nitro groups is 1. The van der Waals surface area contributed by atoms with Gasteiger partial charge in [0.2, 0.25) is 0 Å². The smallest absolute Gasteiger partial charge is 0.311 e. The summed E-state index contributed by atoms with van der Waals surface area (Å²) in [7, 11) is 0. The first-order valence-corrected chi connectivity index (χ1v) is 5.30. The number of nitro benzene ring substituents is 1. The number of carbonyl (C=O) groups is 1. The molecule has 0 saturated carbocycles. The molecule has 0 radical (unpaired) electrons. The van der Waals surface area contributed by atoms with E-state index in [0.29, 0.717) is 0 Å². The van der Waals surface area contributed by atoms with Crippen LogP contribution in [0.4, 0.5) is 5.69 Å². The molecule has 0 unspecified atom stereocenters. The first-order chi connectivity index (χ1) is 8.54. The van der Waals surface area contributed by atoms with Gasteiger partial charge in [0.1, 0.15) is 0 Å². The predicted molar refractivity (Wildman–Crippen MR) is 63.4 cm³/mol. The van der Waals surface area contributed by atoms with Crippen LogP contribution in [0.15, 0.2) is 18.2 Å². The number of nitrogens with one attached hydrogen (secondary N) is 1. The summed E-state index contributed by atoms with van der Waals surface area (Å²) in [6, 6.07) is 4.49. The van der Waals surface area contributed by atoms with E-state index in [2.05, 4.69) is 5.32 Å². The van der Waals surface area contributed by atoms with E-state index in [0.717, 1.165) is 5.56 Å². The van der Waals surface area contributed by atoms with E-state index in [4.69, 9.17) is 9.84 Å². The Morgan fingerprint density at radius 1 is 1.56 bits per heavy atom. The van der Waals surface area contributed by atoms with Crippen LogP contribution < -0.4 is 10.1 Å². The lowest BCUT2D eigenvalue weighted by Gasteiger charge is -2.07. The van der Waals surface area contributed by atoms with Crippen molar-refractivity contribution in [3.05, 3.63) is 33.9 Å². The molecule has 0 aliphatic heterocycles. The molecule has 0 fully saturated rings. The number of aryl methyl sites for hydroxylation is 1. The van der Waals surface area contributed by atoms with Crippen LogP contribution in [0.1, 0.15) is 5.56 Å². The summed E-state index contributed by atoms with van der Waals surface area (Å²) in [5.74, 6) is -0.399. The molecule has 0 atom stereocenters. The molecule has 7 nitrogen and oxygen atoms in total. The highest BCUT2D eigenvalue weighted by Gasteiger charge is 2.15. The van der Waals surface area contributed by atoms with Crippen molar-refractivity contribution in [1.29, 1.82) is 0 Å². The molecular formula is C11H14N2O5. The molecule has 0 aromatic heterocycles. The number of benzene rings is 1. The molecule has 98 valence electrons. The first-order valence-electron chi connectivity index (χ1n) is 5.30. The van der Waals surface area contributed by atoms with Gasteiger partial charge >= 0.3 is 5.69 Å². The lowest BCUT2D eigenvalue weighted by atomic mass is 10.2. The second-order valence-electron chi connectivity index (χ2n) is 3.59. The molecule has 0 bridgehead atoms. The fraction of sp³-hybridized carbons (Fsp3) is 0.364. The van der Waals surface area contributed by atoms with Crippen molar-refractivity contribution in [2.24, 2.45) is 0 Å². The molecule has 1 rings (SSSR count). The molecule has 0 aliphatic rings. The van der Waals surface area contributed by atoms with E-state index in [9.17, 15) is 14.9 Å². The summed E-state index contributed by atoms with van der Waals surface area (Å²) in [5.41, 5.74) is 0.559. The minimum atomic E-state index is -0.562. The Bertz CT molecular complexity index is 447. The number of ether oxygens (including phenoxy) is 1. The number of hydrogen-bond acceptors (Lipinski definition) is 5. The van der Waals surface area contributed by atoms with Gasteiger partial charge in [-0.15, -0.1) is 0 Å². The molecule has 0 aliphatic carbocycles. The normalized spacial score (nSPS) is 9.89. The van der Waals surface area contributed by atoms with E-state index in [1.807, 2.05) is 0 Å². The summed E-state index contributed by atoms with van der Waals surface area (Å²) in [4.78, 5) is 21.4. The van der Waals surface area contributed by atoms with Crippen molar-refractivity contribution >= 4 is 11.6 Å². The molecule has 18 heavy (non-hydrogen) atoms. The zero-order valence-electron chi connectivity index (χ0n) is 9.88. The van der Waals surface area contributed by atoms with Crippen molar-refractivity contribution in [1.82, 2.24) is 5.32 Å². The molecule has 1 aromatic rings. The maximum atomic E-state index is 11.2. The van der Waals surface area contributed by atoms with Crippen LogP contribution in [0.25, 0.3) is 0 Å². The van der Waals surface area contributed by atoms with Crippen molar-refractivity contribution < 1.29 is 19.6 Å². The Balaban J connectivity index is 2.67. The van der Waals surface area contributed by atoms with E-state index in [-0.39, 0.29) is 31.2 Å². The van der Waals surface area contributed by atoms with Crippen LogP contribution in [0.3, 0.4) is 0 Å². The van der Waals surface area contributed by atoms with E-state index in [1.165, 1.54) is 12.1 Å². The van der Waals surface area contributed by atoms with Crippen LogP contribution in [-0.2, 0) is 4.79 Å². The van der Waals surface area contributed by atoms with Gasteiger partial charge in [0.05, 0.1) is 11.5 Å². The second-order valence-corrected chi connectivity index (χ2v) is 3.59. The number of amides is 1. The summed E-state index contributed by atoms with van der Waals surface area (Å²) in [5, 5.41) is 21.7. The molecule has 0 spiro atoms. The van der Waals surface area contributed by atoms with Crippen molar-refractivity contribution in [2.45, 2.75) is 6.92 Å². The van der Waals surface area contributed by atoms with Crippen molar-refractivity contribution in [2.75, 3.05) is 19.8 Å². The van der Waals surface area contributed by atoms with Crippen LogP contribution in [0.5, 0.6) is 5.75 Å². The third kappa shape index (κ3) is 4.02. The SMILES string of the molecule is Cc1ccc(OCC(=O)NCCO)c([N+](=O)[O-])c1. The Morgan fingerprint density at radius 3 is 2.89 bits per heavy atom. The Labute approximate surface area is 104 Å². The van der Waals surface area contributed by atoms with E-state index in [1.54, 1.807) is 13.0 Å². The number of carbonyl (C=O) groups excluding carboxylic acids is 1. The topological polar surface area (TPSA) is 102 Å². The number of rotatable bonds is 6. The van der Waals surface area contributed by atoms with Gasteiger partial charge in [0.25, 0.3) is 5.91 Å². The lowest BCUT2D eigenvalue weighted by Crippen LogP contribution is -2.31. The van der Waals surface area contributed by atoms with Crippen molar-refractivity contribution in [3.8, 4) is 5.75 Å². The minimum absolute atomic E-state index is 0.0461. The van der Waals surface area contributed by atoms with Crippen LogP contribution in [0.2, 0.25) is 0 Å². The summed E-state index contributed by atoms with van der Waals surface area (Å²) >= 11 is 0. The van der Waals surface area contributed by atoms with Gasteiger partial charge in [-0.2, -0.15) is 0 Å². The quantitative estimate of drug-likeness (QED) is 0.564. The lowest BCUT2D eigenvalue weighted by molar-refractivity contribution is -0.385. The van der Waals surface area contributed by atoms with Gasteiger partial charge in [0.15, 0.2) is 12.4 Å².